The molecule has 1 aromatic rings. The van der Waals surface area contributed by atoms with Crippen molar-refractivity contribution >= 4 is 10.2 Å². The lowest BCUT2D eigenvalue weighted by atomic mass is 10.4. The second-order valence-electron chi connectivity index (χ2n) is 4.10. The number of nitrogens with one attached hydrogen (secondary N) is 1. The molecule has 0 bridgehead atoms. The van der Waals surface area contributed by atoms with Gasteiger partial charge in [0.05, 0.1) is 6.54 Å². The van der Waals surface area contributed by atoms with E-state index < -0.39 is 10.2 Å². The second-order valence-corrected chi connectivity index (χ2v) is 6.13. The first-order valence-electron chi connectivity index (χ1n) is 6.08. The van der Waals surface area contributed by atoms with Crippen LogP contribution >= 0.6 is 0 Å². The van der Waals surface area contributed by atoms with Crippen LogP contribution in [-0.4, -0.2) is 52.3 Å². The Hall–Kier alpha value is -0.990. The average molecular weight is 275 g/mol. The second kappa shape index (κ2) is 6.81. The molecule has 0 atom stereocenters. The Labute approximate surface area is 108 Å². The fraction of sp³-hybridized carbons (Fsp3) is 0.800. The van der Waals surface area contributed by atoms with Gasteiger partial charge in [0.1, 0.15) is 12.2 Å². The van der Waals surface area contributed by atoms with Crippen molar-refractivity contribution in [1.29, 1.82) is 0 Å². The maximum absolute atomic E-state index is 12.3. The van der Waals surface area contributed by atoms with Crippen LogP contribution in [0.4, 0.5) is 0 Å². The van der Waals surface area contributed by atoms with Crippen LogP contribution in [0.25, 0.3) is 0 Å². The van der Waals surface area contributed by atoms with Crippen LogP contribution in [0.2, 0.25) is 0 Å². The van der Waals surface area contributed by atoms with Crippen molar-refractivity contribution < 1.29 is 8.42 Å². The number of nitrogens with zero attached hydrogens (tertiary/aromatic N) is 4. The molecule has 7 nitrogen and oxygen atoms in total. The van der Waals surface area contributed by atoms with Crippen LogP contribution in [0, 0.1) is 0 Å². The van der Waals surface area contributed by atoms with Crippen LogP contribution in [0.15, 0.2) is 6.33 Å². The van der Waals surface area contributed by atoms with E-state index in [0.29, 0.717) is 18.9 Å². The third-order valence-electron chi connectivity index (χ3n) is 2.50. The normalized spacial score (nSPS) is 12.5. The highest BCUT2D eigenvalue weighted by atomic mass is 32.2. The summed E-state index contributed by atoms with van der Waals surface area (Å²) in [5.41, 5.74) is 0. The van der Waals surface area contributed by atoms with Crippen molar-refractivity contribution in [2.75, 3.05) is 20.1 Å². The van der Waals surface area contributed by atoms with Crippen molar-refractivity contribution in [2.45, 2.75) is 33.2 Å². The van der Waals surface area contributed by atoms with Gasteiger partial charge < -0.3 is 0 Å². The zero-order valence-corrected chi connectivity index (χ0v) is 11.9. The van der Waals surface area contributed by atoms with E-state index in [4.69, 9.17) is 0 Å². The van der Waals surface area contributed by atoms with Gasteiger partial charge in [-0.1, -0.05) is 13.8 Å². The minimum atomic E-state index is -3.42. The molecule has 0 aliphatic carbocycles. The first-order chi connectivity index (χ1) is 8.52. The largest absolute Gasteiger partial charge is 0.282 e. The number of hydrogen-bond donors (Lipinski definition) is 1. The molecule has 0 saturated heterocycles. The molecule has 0 aliphatic rings. The Morgan fingerprint density at radius 2 is 1.89 bits per heavy atom. The summed E-state index contributed by atoms with van der Waals surface area (Å²) in [6, 6.07) is 0. The summed E-state index contributed by atoms with van der Waals surface area (Å²) in [6.07, 6.45) is 2.97. The summed E-state index contributed by atoms with van der Waals surface area (Å²) in [4.78, 5) is 3.93. The van der Waals surface area contributed by atoms with E-state index in [9.17, 15) is 8.42 Å². The lowest BCUT2D eigenvalue weighted by molar-refractivity contribution is 0.352. The Balaban J connectivity index is 2.76. The minimum absolute atomic E-state index is 0.201. The van der Waals surface area contributed by atoms with Crippen molar-refractivity contribution in [3.63, 3.8) is 0 Å². The SMILES string of the molecule is CCCN(CCC)S(=O)(=O)N(C)Cc1ncn[nH]1. The highest BCUT2D eigenvalue weighted by Crippen LogP contribution is 2.10. The molecule has 0 aromatic carbocycles. The van der Waals surface area contributed by atoms with Gasteiger partial charge in [-0.05, 0) is 12.8 Å². The maximum Gasteiger partial charge on any atom is 0.282 e. The predicted octanol–water partition coefficient (Wildman–Crippen LogP) is 0.603. The van der Waals surface area contributed by atoms with Crippen molar-refractivity contribution in [2.24, 2.45) is 0 Å². The van der Waals surface area contributed by atoms with Crippen LogP contribution in [0.3, 0.4) is 0 Å². The van der Waals surface area contributed by atoms with Crippen LogP contribution < -0.4 is 0 Å². The lowest BCUT2D eigenvalue weighted by Crippen LogP contribution is -2.42. The molecule has 0 spiro atoms. The summed E-state index contributed by atoms with van der Waals surface area (Å²) in [5.74, 6) is 0.536. The summed E-state index contributed by atoms with van der Waals surface area (Å²) in [7, 11) is -1.87. The molecule has 18 heavy (non-hydrogen) atoms. The Kier molecular flexibility index (Phi) is 5.70. The molecule has 0 unspecified atom stereocenters. The van der Waals surface area contributed by atoms with E-state index in [2.05, 4.69) is 15.2 Å². The quantitative estimate of drug-likeness (QED) is 0.753. The molecule has 0 fully saturated rings. The fourth-order valence-electron chi connectivity index (χ4n) is 1.64. The molecule has 1 heterocycles. The van der Waals surface area contributed by atoms with E-state index >= 15 is 0 Å². The maximum atomic E-state index is 12.3. The monoisotopic (exact) mass is 275 g/mol. The van der Waals surface area contributed by atoms with Crippen LogP contribution in [-0.2, 0) is 16.8 Å². The summed E-state index contributed by atoms with van der Waals surface area (Å²) in [6.45, 7) is 5.21. The van der Waals surface area contributed by atoms with Crippen molar-refractivity contribution in [3.8, 4) is 0 Å². The van der Waals surface area contributed by atoms with E-state index in [1.54, 1.807) is 7.05 Å². The van der Waals surface area contributed by atoms with Gasteiger partial charge >= 0.3 is 0 Å². The van der Waals surface area contributed by atoms with Gasteiger partial charge in [0.25, 0.3) is 10.2 Å². The van der Waals surface area contributed by atoms with Gasteiger partial charge in [0.2, 0.25) is 0 Å². The number of hydrogen-bond acceptors (Lipinski definition) is 4. The van der Waals surface area contributed by atoms with Gasteiger partial charge in [0.15, 0.2) is 0 Å². The Morgan fingerprint density at radius 3 is 2.33 bits per heavy atom. The van der Waals surface area contributed by atoms with Gasteiger partial charge in [-0.3, -0.25) is 5.10 Å². The minimum Gasteiger partial charge on any atom is -0.262 e. The lowest BCUT2D eigenvalue weighted by Gasteiger charge is -2.26. The fourth-order valence-corrected chi connectivity index (χ4v) is 3.14. The third kappa shape index (κ3) is 3.76. The van der Waals surface area contributed by atoms with Gasteiger partial charge in [0, 0.05) is 20.1 Å². The predicted molar refractivity (Wildman–Crippen MR) is 68.9 cm³/mol. The van der Waals surface area contributed by atoms with Gasteiger partial charge in [-0.15, -0.1) is 0 Å². The number of aromatic nitrogens is 3. The first kappa shape index (κ1) is 15.1. The molecule has 0 saturated carbocycles. The topological polar surface area (TPSA) is 82.2 Å². The summed E-state index contributed by atoms with van der Waals surface area (Å²) >= 11 is 0. The molecular weight excluding hydrogens is 254 g/mol. The van der Waals surface area contributed by atoms with Crippen LogP contribution in [0.5, 0.6) is 0 Å². The number of aromatic amines is 1. The Bertz CT molecular complexity index is 425. The van der Waals surface area contributed by atoms with E-state index in [1.165, 1.54) is 14.9 Å². The van der Waals surface area contributed by atoms with Crippen molar-refractivity contribution in [1.82, 2.24) is 23.8 Å². The number of rotatable bonds is 8. The summed E-state index contributed by atoms with van der Waals surface area (Å²) < 4.78 is 27.4. The smallest absolute Gasteiger partial charge is 0.262 e. The molecule has 1 aromatic heterocycles. The average Bonchev–Trinajstić information content (AvgIpc) is 2.81. The van der Waals surface area contributed by atoms with Crippen molar-refractivity contribution in [3.05, 3.63) is 12.2 Å². The zero-order chi connectivity index (χ0) is 13.6. The molecular formula is C10H21N5O2S. The molecule has 0 aliphatic heterocycles. The highest BCUT2D eigenvalue weighted by molar-refractivity contribution is 7.86. The van der Waals surface area contributed by atoms with E-state index in [1.807, 2.05) is 13.8 Å². The zero-order valence-electron chi connectivity index (χ0n) is 11.1. The standard InChI is InChI=1S/C10H21N5O2S/c1-4-6-15(7-5-2)18(16,17)14(3)8-10-11-9-12-13-10/h9H,4-8H2,1-3H3,(H,11,12,13). The molecule has 1 rings (SSSR count). The molecule has 1 N–H and O–H groups in total. The first-order valence-corrected chi connectivity index (χ1v) is 7.47. The third-order valence-corrected chi connectivity index (χ3v) is 4.44. The molecule has 0 radical (unpaired) electrons. The molecule has 104 valence electrons. The summed E-state index contributed by atoms with van der Waals surface area (Å²) in [5, 5.41) is 6.36. The Morgan fingerprint density at radius 1 is 1.28 bits per heavy atom. The van der Waals surface area contributed by atoms with E-state index in [0.717, 1.165) is 12.8 Å². The number of H-pyrrole nitrogens is 1. The van der Waals surface area contributed by atoms with Gasteiger partial charge in [-0.2, -0.15) is 22.1 Å². The molecule has 0 amide bonds. The van der Waals surface area contributed by atoms with Gasteiger partial charge in [-0.25, -0.2) is 4.98 Å². The highest BCUT2D eigenvalue weighted by Gasteiger charge is 2.26. The molecule has 8 heteroatoms. The van der Waals surface area contributed by atoms with E-state index in [-0.39, 0.29) is 6.54 Å². The van der Waals surface area contributed by atoms with Crippen LogP contribution in [0.1, 0.15) is 32.5 Å².